The minimum absolute atomic E-state index is 0.0545. The third-order valence-corrected chi connectivity index (χ3v) is 5.89. The summed E-state index contributed by atoms with van der Waals surface area (Å²) in [6.07, 6.45) is 0.927. The molecule has 0 atom stereocenters. The number of rotatable bonds is 6. The summed E-state index contributed by atoms with van der Waals surface area (Å²) in [6, 6.07) is 15.4. The van der Waals surface area contributed by atoms with Crippen LogP contribution in [-0.4, -0.2) is 49.3 Å². The topological polar surface area (TPSA) is 68.0 Å². The Bertz CT molecular complexity index is 1020. The standard InChI is InChI=1S/C25H29N3O4/c1-18-24(19(2)32-26-18)17-31-23-9-5-20(6-10-23)25(29)28-14-4-13-27(15-16-28)21-7-11-22(30-3)12-8-21/h5-12H,4,13-17H2,1-3H3. The first-order chi connectivity index (χ1) is 15.5. The van der Waals surface area contributed by atoms with E-state index in [4.69, 9.17) is 14.0 Å². The normalized spacial score (nSPS) is 14.2. The molecule has 1 aliphatic rings. The largest absolute Gasteiger partial charge is 0.497 e. The van der Waals surface area contributed by atoms with Crippen LogP contribution in [0.5, 0.6) is 11.5 Å². The third kappa shape index (κ3) is 4.88. The molecule has 7 heteroatoms. The van der Waals surface area contributed by atoms with Crippen molar-refractivity contribution in [3.05, 3.63) is 71.1 Å². The highest BCUT2D eigenvalue weighted by atomic mass is 16.5. The summed E-state index contributed by atoms with van der Waals surface area (Å²) in [5.41, 5.74) is 3.61. The van der Waals surface area contributed by atoms with Gasteiger partial charge >= 0.3 is 0 Å². The average Bonchev–Trinajstić information content (AvgIpc) is 3.01. The Balaban J connectivity index is 1.34. The van der Waals surface area contributed by atoms with Crippen LogP contribution >= 0.6 is 0 Å². The molecule has 2 heterocycles. The van der Waals surface area contributed by atoms with Crippen molar-refractivity contribution < 1.29 is 18.8 Å². The molecule has 0 spiro atoms. The van der Waals surface area contributed by atoms with Gasteiger partial charge in [0.15, 0.2) is 0 Å². The van der Waals surface area contributed by atoms with Gasteiger partial charge in [-0.15, -0.1) is 0 Å². The molecule has 0 unspecified atom stereocenters. The van der Waals surface area contributed by atoms with Crippen LogP contribution in [-0.2, 0) is 6.61 Å². The van der Waals surface area contributed by atoms with Gasteiger partial charge in [0, 0.05) is 37.4 Å². The Morgan fingerprint density at radius 1 is 0.969 bits per heavy atom. The third-order valence-electron chi connectivity index (χ3n) is 5.89. The van der Waals surface area contributed by atoms with Crippen LogP contribution in [0.25, 0.3) is 0 Å². The van der Waals surface area contributed by atoms with Crippen LogP contribution < -0.4 is 14.4 Å². The lowest BCUT2D eigenvalue weighted by Crippen LogP contribution is -2.35. The zero-order chi connectivity index (χ0) is 22.5. The molecule has 3 aromatic rings. The minimum atomic E-state index is 0.0545. The van der Waals surface area contributed by atoms with E-state index in [2.05, 4.69) is 22.2 Å². The lowest BCUT2D eigenvalue weighted by atomic mass is 10.2. The van der Waals surface area contributed by atoms with Gasteiger partial charge in [0.1, 0.15) is 23.9 Å². The molecule has 2 aromatic carbocycles. The van der Waals surface area contributed by atoms with E-state index in [1.807, 2.05) is 55.1 Å². The maximum Gasteiger partial charge on any atom is 0.253 e. The number of amides is 1. The first kappa shape index (κ1) is 21.7. The number of carbonyl (C=O) groups excluding carboxylic acids is 1. The van der Waals surface area contributed by atoms with Crippen LogP contribution in [0.3, 0.4) is 0 Å². The van der Waals surface area contributed by atoms with Gasteiger partial charge in [0.25, 0.3) is 5.91 Å². The fourth-order valence-corrected chi connectivity index (χ4v) is 3.91. The van der Waals surface area contributed by atoms with Gasteiger partial charge in [-0.05, 0) is 68.8 Å². The summed E-state index contributed by atoms with van der Waals surface area (Å²) >= 11 is 0. The molecule has 1 aliphatic heterocycles. The van der Waals surface area contributed by atoms with E-state index in [1.165, 1.54) is 0 Å². The Hall–Kier alpha value is -3.48. The summed E-state index contributed by atoms with van der Waals surface area (Å²) in [5.74, 6) is 2.38. The number of aromatic nitrogens is 1. The van der Waals surface area contributed by atoms with Crippen molar-refractivity contribution in [2.24, 2.45) is 0 Å². The zero-order valence-corrected chi connectivity index (χ0v) is 18.8. The Morgan fingerprint density at radius 3 is 2.34 bits per heavy atom. The fraction of sp³-hybridized carbons (Fsp3) is 0.360. The highest BCUT2D eigenvalue weighted by Crippen LogP contribution is 2.22. The smallest absolute Gasteiger partial charge is 0.253 e. The van der Waals surface area contributed by atoms with Gasteiger partial charge in [-0.1, -0.05) is 5.16 Å². The van der Waals surface area contributed by atoms with Crippen LogP contribution in [0.15, 0.2) is 53.1 Å². The quantitative estimate of drug-likeness (QED) is 0.577. The molecule has 1 aromatic heterocycles. The molecule has 0 radical (unpaired) electrons. The maximum atomic E-state index is 13.1. The highest BCUT2D eigenvalue weighted by Gasteiger charge is 2.21. The van der Waals surface area contributed by atoms with Crippen molar-refractivity contribution in [3.63, 3.8) is 0 Å². The highest BCUT2D eigenvalue weighted by molar-refractivity contribution is 5.94. The molecule has 1 saturated heterocycles. The van der Waals surface area contributed by atoms with E-state index < -0.39 is 0 Å². The lowest BCUT2D eigenvalue weighted by molar-refractivity contribution is 0.0767. The predicted octanol–water partition coefficient (Wildman–Crippen LogP) is 4.23. The van der Waals surface area contributed by atoms with Gasteiger partial charge in [0.2, 0.25) is 0 Å². The Morgan fingerprint density at radius 2 is 1.69 bits per heavy atom. The first-order valence-electron chi connectivity index (χ1n) is 10.9. The number of hydrogen-bond acceptors (Lipinski definition) is 6. The summed E-state index contributed by atoms with van der Waals surface area (Å²) in [5, 5.41) is 3.94. The molecule has 168 valence electrons. The van der Waals surface area contributed by atoms with Gasteiger partial charge in [0.05, 0.1) is 18.4 Å². The number of anilines is 1. The number of nitrogens with zero attached hydrogens (tertiary/aromatic N) is 3. The molecule has 0 saturated carbocycles. The van der Waals surface area contributed by atoms with Crippen molar-refractivity contribution >= 4 is 11.6 Å². The van der Waals surface area contributed by atoms with Gasteiger partial charge in [-0.2, -0.15) is 0 Å². The number of hydrogen-bond donors (Lipinski definition) is 0. The number of aryl methyl sites for hydroxylation is 2. The number of methoxy groups -OCH3 is 1. The van der Waals surface area contributed by atoms with Crippen LogP contribution in [0.1, 0.15) is 33.8 Å². The summed E-state index contributed by atoms with van der Waals surface area (Å²) in [7, 11) is 1.67. The van der Waals surface area contributed by atoms with Crippen LogP contribution in [0, 0.1) is 13.8 Å². The SMILES string of the molecule is COc1ccc(N2CCCN(C(=O)c3ccc(OCc4c(C)noc4C)cc3)CC2)cc1. The van der Waals surface area contributed by atoms with E-state index in [-0.39, 0.29) is 5.91 Å². The second-order valence-corrected chi connectivity index (χ2v) is 7.95. The summed E-state index contributed by atoms with van der Waals surface area (Å²) < 4.78 is 16.3. The van der Waals surface area contributed by atoms with Crippen molar-refractivity contribution in [2.75, 3.05) is 38.2 Å². The number of ether oxygens (including phenoxy) is 2. The lowest BCUT2D eigenvalue weighted by Gasteiger charge is -2.24. The fourth-order valence-electron chi connectivity index (χ4n) is 3.91. The van der Waals surface area contributed by atoms with Crippen LogP contribution in [0.4, 0.5) is 5.69 Å². The zero-order valence-electron chi connectivity index (χ0n) is 18.8. The maximum absolute atomic E-state index is 13.1. The molecule has 7 nitrogen and oxygen atoms in total. The summed E-state index contributed by atoms with van der Waals surface area (Å²) in [6.45, 7) is 7.32. The molecule has 32 heavy (non-hydrogen) atoms. The second-order valence-electron chi connectivity index (χ2n) is 7.95. The second kappa shape index (κ2) is 9.77. The monoisotopic (exact) mass is 435 g/mol. The summed E-state index contributed by atoms with van der Waals surface area (Å²) in [4.78, 5) is 17.3. The predicted molar refractivity (Wildman–Crippen MR) is 122 cm³/mol. The Kier molecular flexibility index (Phi) is 6.63. The molecule has 4 rings (SSSR count). The van der Waals surface area contributed by atoms with Crippen molar-refractivity contribution in [3.8, 4) is 11.5 Å². The number of carbonyl (C=O) groups is 1. The molecular weight excluding hydrogens is 406 g/mol. The van der Waals surface area contributed by atoms with E-state index in [9.17, 15) is 4.79 Å². The number of benzene rings is 2. The van der Waals surface area contributed by atoms with Crippen molar-refractivity contribution in [1.82, 2.24) is 10.1 Å². The van der Waals surface area contributed by atoms with E-state index in [0.29, 0.717) is 24.5 Å². The van der Waals surface area contributed by atoms with Crippen molar-refractivity contribution in [1.29, 1.82) is 0 Å². The van der Waals surface area contributed by atoms with Gasteiger partial charge in [-0.25, -0.2) is 0 Å². The molecular formula is C25H29N3O4. The van der Waals surface area contributed by atoms with Crippen molar-refractivity contribution in [2.45, 2.75) is 26.9 Å². The first-order valence-corrected chi connectivity index (χ1v) is 10.9. The minimum Gasteiger partial charge on any atom is -0.497 e. The van der Waals surface area contributed by atoms with E-state index in [0.717, 1.165) is 54.5 Å². The molecule has 1 amide bonds. The van der Waals surface area contributed by atoms with Crippen LogP contribution in [0.2, 0.25) is 0 Å². The molecule has 0 bridgehead atoms. The molecule has 1 fully saturated rings. The molecule has 0 aliphatic carbocycles. The Labute approximate surface area is 188 Å². The van der Waals surface area contributed by atoms with Gasteiger partial charge < -0.3 is 23.8 Å². The average molecular weight is 436 g/mol. The van der Waals surface area contributed by atoms with E-state index >= 15 is 0 Å². The van der Waals surface area contributed by atoms with Gasteiger partial charge in [-0.3, -0.25) is 4.79 Å². The molecule has 0 N–H and O–H groups in total. The van der Waals surface area contributed by atoms with E-state index in [1.54, 1.807) is 7.11 Å².